The molecule has 0 fully saturated rings. The second-order valence-electron chi connectivity index (χ2n) is 5.76. The molecule has 0 saturated carbocycles. The van der Waals surface area contributed by atoms with Crippen molar-refractivity contribution in [2.45, 2.75) is 33.0 Å². The van der Waals surface area contributed by atoms with Gasteiger partial charge in [0.2, 0.25) is 11.8 Å². The predicted molar refractivity (Wildman–Crippen MR) is 95.4 cm³/mol. The average molecular weight is 363 g/mol. The first kappa shape index (κ1) is 18.9. The van der Waals surface area contributed by atoms with E-state index in [1.165, 1.54) is 24.0 Å². The zero-order chi connectivity index (χ0) is 18.4. The normalized spacial score (nSPS) is 11.7. The molecule has 2 rings (SSSR count). The summed E-state index contributed by atoms with van der Waals surface area (Å²) in [5.74, 6) is -0.856. The van der Waals surface area contributed by atoms with E-state index in [-0.39, 0.29) is 30.7 Å². The molecule has 2 aromatic carbocycles. The van der Waals surface area contributed by atoms with E-state index in [9.17, 15) is 14.0 Å². The maximum absolute atomic E-state index is 13.0. The van der Waals surface area contributed by atoms with Crippen molar-refractivity contribution < 1.29 is 14.0 Å². The third-order valence-electron chi connectivity index (χ3n) is 3.93. The van der Waals surface area contributed by atoms with Crippen LogP contribution in [0.1, 0.15) is 25.0 Å². The quantitative estimate of drug-likeness (QED) is 0.854. The minimum absolute atomic E-state index is 0.232. The largest absolute Gasteiger partial charge is 0.350 e. The van der Waals surface area contributed by atoms with Gasteiger partial charge in [0, 0.05) is 25.0 Å². The topological polar surface area (TPSA) is 49.4 Å². The van der Waals surface area contributed by atoms with Gasteiger partial charge in [0.15, 0.2) is 0 Å². The summed E-state index contributed by atoms with van der Waals surface area (Å²) in [6, 6.07) is 12.4. The van der Waals surface area contributed by atoms with Crippen LogP contribution >= 0.6 is 11.6 Å². The third-order valence-corrected chi connectivity index (χ3v) is 4.30. The first-order chi connectivity index (χ1) is 11.9. The number of nitrogens with one attached hydrogen (secondary N) is 1. The molecule has 1 atom stereocenters. The molecule has 6 heteroatoms. The van der Waals surface area contributed by atoms with Crippen molar-refractivity contribution in [1.82, 2.24) is 10.2 Å². The first-order valence-corrected chi connectivity index (χ1v) is 8.29. The zero-order valence-electron chi connectivity index (χ0n) is 14.1. The molecule has 25 heavy (non-hydrogen) atoms. The molecular weight excluding hydrogens is 343 g/mol. The minimum Gasteiger partial charge on any atom is -0.350 e. The maximum Gasteiger partial charge on any atom is 0.242 e. The van der Waals surface area contributed by atoms with E-state index >= 15 is 0 Å². The minimum atomic E-state index is -0.662. The van der Waals surface area contributed by atoms with Crippen LogP contribution in [0, 0.1) is 5.82 Å². The standard InChI is InChI=1S/C19H20ClFN2O2/c1-13(19(25)22-11-16-5-3-4-6-18(16)20)23(14(2)24)12-15-7-9-17(21)10-8-15/h3-10,13H,11-12H2,1-2H3,(H,22,25). The van der Waals surface area contributed by atoms with Crippen molar-refractivity contribution in [3.8, 4) is 0 Å². The Hall–Kier alpha value is -2.40. The Morgan fingerprint density at radius 3 is 2.40 bits per heavy atom. The van der Waals surface area contributed by atoms with Gasteiger partial charge in [0.25, 0.3) is 0 Å². The average Bonchev–Trinajstić information content (AvgIpc) is 2.59. The van der Waals surface area contributed by atoms with E-state index in [1.54, 1.807) is 25.1 Å². The summed E-state index contributed by atoms with van der Waals surface area (Å²) in [4.78, 5) is 25.8. The van der Waals surface area contributed by atoms with Crippen molar-refractivity contribution >= 4 is 23.4 Å². The highest BCUT2D eigenvalue weighted by Gasteiger charge is 2.23. The summed E-state index contributed by atoms with van der Waals surface area (Å²) >= 11 is 6.07. The van der Waals surface area contributed by atoms with E-state index in [4.69, 9.17) is 11.6 Å². The molecule has 1 unspecified atom stereocenters. The van der Waals surface area contributed by atoms with Gasteiger partial charge in [-0.05, 0) is 36.2 Å². The van der Waals surface area contributed by atoms with Gasteiger partial charge < -0.3 is 10.2 Å². The van der Waals surface area contributed by atoms with Crippen molar-refractivity contribution in [3.05, 3.63) is 70.5 Å². The summed E-state index contributed by atoms with van der Waals surface area (Å²) in [6.45, 7) is 3.58. The Balaban J connectivity index is 2.02. The second kappa shape index (κ2) is 8.62. The van der Waals surface area contributed by atoms with Crippen LogP contribution in [-0.4, -0.2) is 22.8 Å². The highest BCUT2D eigenvalue weighted by Crippen LogP contribution is 2.15. The Labute approximate surface area is 151 Å². The Morgan fingerprint density at radius 1 is 1.16 bits per heavy atom. The summed E-state index contributed by atoms with van der Waals surface area (Å²) in [5.41, 5.74) is 1.56. The van der Waals surface area contributed by atoms with Crippen LogP contribution in [0.2, 0.25) is 5.02 Å². The third kappa shape index (κ3) is 5.29. The molecule has 0 saturated heterocycles. The lowest BCUT2D eigenvalue weighted by atomic mass is 10.1. The Bertz CT molecular complexity index is 749. The fourth-order valence-corrected chi connectivity index (χ4v) is 2.62. The van der Waals surface area contributed by atoms with Gasteiger partial charge in [-0.2, -0.15) is 0 Å². The maximum atomic E-state index is 13.0. The zero-order valence-corrected chi connectivity index (χ0v) is 14.9. The number of amides is 2. The molecule has 2 amide bonds. The van der Waals surface area contributed by atoms with E-state index in [2.05, 4.69) is 5.32 Å². The molecule has 1 N–H and O–H groups in total. The highest BCUT2D eigenvalue weighted by molar-refractivity contribution is 6.31. The number of nitrogens with zero attached hydrogens (tertiary/aromatic N) is 1. The lowest BCUT2D eigenvalue weighted by Crippen LogP contribution is -2.46. The van der Waals surface area contributed by atoms with Crippen LogP contribution in [0.3, 0.4) is 0 Å². The fourth-order valence-electron chi connectivity index (χ4n) is 2.42. The molecule has 0 radical (unpaired) electrons. The van der Waals surface area contributed by atoms with Gasteiger partial charge in [0.1, 0.15) is 11.9 Å². The van der Waals surface area contributed by atoms with Crippen molar-refractivity contribution in [2.24, 2.45) is 0 Å². The van der Waals surface area contributed by atoms with E-state index < -0.39 is 6.04 Å². The molecular formula is C19H20ClFN2O2. The van der Waals surface area contributed by atoms with Crippen LogP contribution in [-0.2, 0) is 22.7 Å². The molecule has 0 bridgehead atoms. The Kier molecular flexibility index (Phi) is 6.53. The van der Waals surface area contributed by atoms with Crippen LogP contribution in [0.25, 0.3) is 0 Å². The van der Waals surface area contributed by atoms with Gasteiger partial charge in [0.05, 0.1) is 0 Å². The van der Waals surface area contributed by atoms with Gasteiger partial charge >= 0.3 is 0 Å². The predicted octanol–water partition coefficient (Wildman–Crippen LogP) is 3.53. The van der Waals surface area contributed by atoms with Gasteiger partial charge in [-0.3, -0.25) is 9.59 Å². The molecule has 0 heterocycles. The molecule has 0 aliphatic carbocycles. The van der Waals surface area contributed by atoms with Crippen molar-refractivity contribution in [3.63, 3.8) is 0 Å². The molecule has 0 aliphatic rings. The molecule has 4 nitrogen and oxygen atoms in total. The van der Waals surface area contributed by atoms with E-state index in [1.807, 2.05) is 18.2 Å². The fraction of sp³-hybridized carbons (Fsp3) is 0.263. The van der Waals surface area contributed by atoms with Gasteiger partial charge in [-0.25, -0.2) is 4.39 Å². The number of hydrogen-bond donors (Lipinski definition) is 1. The molecule has 132 valence electrons. The number of halogens is 2. The number of rotatable bonds is 6. The molecule has 0 aliphatic heterocycles. The molecule has 0 aromatic heterocycles. The van der Waals surface area contributed by atoms with Crippen molar-refractivity contribution in [2.75, 3.05) is 0 Å². The summed E-state index contributed by atoms with van der Waals surface area (Å²) in [5, 5.41) is 3.37. The summed E-state index contributed by atoms with van der Waals surface area (Å²) in [7, 11) is 0. The smallest absolute Gasteiger partial charge is 0.242 e. The first-order valence-electron chi connectivity index (χ1n) is 7.91. The second-order valence-corrected chi connectivity index (χ2v) is 6.17. The van der Waals surface area contributed by atoms with Gasteiger partial charge in [-0.15, -0.1) is 0 Å². The highest BCUT2D eigenvalue weighted by atomic mass is 35.5. The van der Waals surface area contributed by atoms with E-state index in [0.717, 1.165) is 11.1 Å². The molecule has 2 aromatic rings. The monoisotopic (exact) mass is 362 g/mol. The number of carbonyl (C=O) groups is 2. The van der Waals surface area contributed by atoms with Gasteiger partial charge in [-0.1, -0.05) is 41.9 Å². The van der Waals surface area contributed by atoms with Crippen molar-refractivity contribution in [1.29, 1.82) is 0 Å². The lowest BCUT2D eigenvalue weighted by Gasteiger charge is -2.27. The number of carbonyl (C=O) groups excluding carboxylic acids is 2. The van der Waals surface area contributed by atoms with Crippen LogP contribution < -0.4 is 5.32 Å². The Morgan fingerprint density at radius 2 is 1.80 bits per heavy atom. The molecule has 0 spiro atoms. The van der Waals surface area contributed by atoms with Crippen LogP contribution in [0.15, 0.2) is 48.5 Å². The number of benzene rings is 2. The van der Waals surface area contributed by atoms with Crippen LogP contribution in [0.5, 0.6) is 0 Å². The SMILES string of the molecule is CC(=O)N(Cc1ccc(F)cc1)C(C)C(=O)NCc1ccccc1Cl. The summed E-state index contributed by atoms with van der Waals surface area (Å²) in [6.07, 6.45) is 0. The lowest BCUT2D eigenvalue weighted by molar-refractivity contribution is -0.139. The van der Waals surface area contributed by atoms with E-state index in [0.29, 0.717) is 5.02 Å². The van der Waals surface area contributed by atoms with Crippen LogP contribution in [0.4, 0.5) is 4.39 Å². The summed E-state index contributed by atoms with van der Waals surface area (Å²) < 4.78 is 13.0. The number of hydrogen-bond acceptors (Lipinski definition) is 2.